The number of hydrogen-bond acceptors (Lipinski definition) is 3. The molecule has 0 heterocycles. The first-order valence-corrected chi connectivity index (χ1v) is 8.10. The molecule has 0 aliphatic heterocycles. The molecule has 0 radical (unpaired) electrons. The first-order chi connectivity index (χ1) is 8.60. The van der Waals surface area contributed by atoms with Crippen LogP contribution in [0.4, 0.5) is 5.69 Å². The van der Waals surface area contributed by atoms with Gasteiger partial charge in [0, 0.05) is 36.1 Å². The van der Waals surface area contributed by atoms with Crippen LogP contribution in [-0.4, -0.2) is 31.6 Å². The van der Waals surface area contributed by atoms with Crippen LogP contribution in [0.3, 0.4) is 0 Å². The standard InChI is InChI=1S/C14H23ClN2S/c1-4-11(16)10-12-13(15)6-5-7-14(12)17(2)8-9-18-3/h5-7,11H,4,8-10,16H2,1-3H3. The van der Waals surface area contributed by atoms with E-state index in [1.807, 2.05) is 23.9 Å². The van der Waals surface area contributed by atoms with Crippen LogP contribution in [0.1, 0.15) is 18.9 Å². The number of thioether (sulfide) groups is 1. The summed E-state index contributed by atoms with van der Waals surface area (Å²) in [7, 11) is 2.11. The van der Waals surface area contributed by atoms with E-state index >= 15 is 0 Å². The van der Waals surface area contributed by atoms with Crippen molar-refractivity contribution in [1.29, 1.82) is 0 Å². The zero-order valence-corrected chi connectivity index (χ0v) is 13.0. The summed E-state index contributed by atoms with van der Waals surface area (Å²) in [6.07, 6.45) is 3.94. The van der Waals surface area contributed by atoms with Crippen molar-refractivity contribution in [3.05, 3.63) is 28.8 Å². The predicted octanol–water partition coefficient (Wildman–Crippen LogP) is 3.42. The number of rotatable bonds is 7. The molecule has 1 atom stereocenters. The molecule has 0 amide bonds. The van der Waals surface area contributed by atoms with E-state index in [9.17, 15) is 0 Å². The van der Waals surface area contributed by atoms with Crippen LogP contribution in [0, 0.1) is 0 Å². The third-order valence-electron chi connectivity index (χ3n) is 3.13. The fourth-order valence-electron chi connectivity index (χ4n) is 1.86. The molecule has 0 aromatic heterocycles. The van der Waals surface area contributed by atoms with E-state index in [0.717, 1.165) is 30.2 Å². The van der Waals surface area contributed by atoms with Crippen LogP contribution in [0.25, 0.3) is 0 Å². The number of halogens is 1. The highest BCUT2D eigenvalue weighted by atomic mass is 35.5. The Morgan fingerprint density at radius 2 is 2.17 bits per heavy atom. The van der Waals surface area contributed by atoms with Crippen LogP contribution < -0.4 is 10.6 Å². The molecule has 102 valence electrons. The van der Waals surface area contributed by atoms with E-state index in [1.54, 1.807) is 0 Å². The van der Waals surface area contributed by atoms with Crippen molar-refractivity contribution in [3.63, 3.8) is 0 Å². The Morgan fingerprint density at radius 1 is 1.44 bits per heavy atom. The summed E-state index contributed by atoms with van der Waals surface area (Å²) in [6, 6.07) is 6.26. The number of nitrogens with two attached hydrogens (primary N) is 1. The van der Waals surface area contributed by atoms with Gasteiger partial charge in [-0.25, -0.2) is 0 Å². The lowest BCUT2D eigenvalue weighted by Gasteiger charge is -2.24. The molecule has 4 heteroatoms. The topological polar surface area (TPSA) is 29.3 Å². The van der Waals surface area contributed by atoms with E-state index in [-0.39, 0.29) is 6.04 Å². The Bertz CT molecular complexity index is 371. The lowest BCUT2D eigenvalue weighted by atomic mass is 10.0. The minimum atomic E-state index is 0.178. The normalized spacial score (nSPS) is 12.5. The maximum Gasteiger partial charge on any atom is 0.0459 e. The summed E-state index contributed by atoms with van der Waals surface area (Å²) in [5.74, 6) is 1.11. The molecule has 0 fully saturated rings. The van der Waals surface area contributed by atoms with Gasteiger partial charge in [-0.05, 0) is 36.8 Å². The second-order valence-electron chi connectivity index (χ2n) is 4.52. The third kappa shape index (κ3) is 4.38. The van der Waals surface area contributed by atoms with Gasteiger partial charge >= 0.3 is 0 Å². The van der Waals surface area contributed by atoms with Gasteiger partial charge in [0.2, 0.25) is 0 Å². The van der Waals surface area contributed by atoms with Crippen molar-refractivity contribution in [2.24, 2.45) is 5.73 Å². The molecule has 2 N–H and O–H groups in total. The van der Waals surface area contributed by atoms with Gasteiger partial charge < -0.3 is 10.6 Å². The van der Waals surface area contributed by atoms with E-state index in [4.69, 9.17) is 17.3 Å². The van der Waals surface area contributed by atoms with Gasteiger partial charge in [0.05, 0.1) is 0 Å². The minimum absolute atomic E-state index is 0.178. The second kappa shape index (κ2) is 7.93. The van der Waals surface area contributed by atoms with Crippen molar-refractivity contribution >= 4 is 29.1 Å². The maximum absolute atomic E-state index is 6.32. The highest BCUT2D eigenvalue weighted by molar-refractivity contribution is 7.98. The number of nitrogens with zero attached hydrogens (tertiary/aromatic N) is 1. The molecule has 0 saturated carbocycles. The SMILES string of the molecule is CCC(N)Cc1c(Cl)cccc1N(C)CCSC. The highest BCUT2D eigenvalue weighted by Crippen LogP contribution is 2.28. The Balaban J connectivity index is 2.92. The van der Waals surface area contributed by atoms with Crippen molar-refractivity contribution in [1.82, 2.24) is 0 Å². The van der Waals surface area contributed by atoms with E-state index in [2.05, 4.69) is 31.2 Å². The van der Waals surface area contributed by atoms with E-state index in [0.29, 0.717) is 0 Å². The lowest BCUT2D eigenvalue weighted by Crippen LogP contribution is -2.26. The van der Waals surface area contributed by atoms with Crippen molar-refractivity contribution in [3.8, 4) is 0 Å². The zero-order chi connectivity index (χ0) is 13.5. The van der Waals surface area contributed by atoms with Gasteiger partial charge in [0.25, 0.3) is 0 Å². The molecular formula is C14H23ClN2S. The fraction of sp³-hybridized carbons (Fsp3) is 0.571. The molecule has 1 unspecified atom stereocenters. The molecule has 0 saturated heterocycles. The maximum atomic E-state index is 6.32. The summed E-state index contributed by atoms with van der Waals surface area (Å²) >= 11 is 8.17. The van der Waals surface area contributed by atoms with E-state index < -0.39 is 0 Å². The van der Waals surface area contributed by atoms with Crippen LogP contribution in [0.15, 0.2) is 18.2 Å². The molecule has 0 aliphatic carbocycles. The van der Waals surface area contributed by atoms with Gasteiger partial charge in [-0.15, -0.1) is 0 Å². The predicted molar refractivity (Wildman–Crippen MR) is 85.1 cm³/mol. The minimum Gasteiger partial charge on any atom is -0.374 e. The summed E-state index contributed by atoms with van der Waals surface area (Å²) in [5.41, 5.74) is 8.45. The summed E-state index contributed by atoms with van der Waals surface area (Å²) in [4.78, 5) is 2.26. The molecular weight excluding hydrogens is 264 g/mol. The molecule has 1 rings (SSSR count). The van der Waals surface area contributed by atoms with Crippen LogP contribution in [0.5, 0.6) is 0 Å². The molecule has 0 bridgehead atoms. The van der Waals surface area contributed by atoms with Crippen LogP contribution >= 0.6 is 23.4 Å². The Morgan fingerprint density at radius 3 is 2.78 bits per heavy atom. The highest BCUT2D eigenvalue weighted by Gasteiger charge is 2.13. The van der Waals surface area contributed by atoms with Gasteiger partial charge in [-0.3, -0.25) is 0 Å². The zero-order valence-electron chi connectivity index (χ0n) is 11.4. The molecule has 18 heavy (non-hydrogen) atoms. The molecule has 1 aromatic rings. The summed E-state index contributed by atoms with van der Waals surface area (Å²) in [5, 5.41) is 0.826. The van der Waals surface area contributed by atoms with Gasteiger partial charge in [0.15, 0.2) is 0 Å². The first-order valence-electron chi connectivity index (χ1n) is 6.33. The molecule has 0 spiro atoms. The quantitative estimate of drug-likeness (QED) is 0.833. The Labute approximate surface area is 120 Å². The van der Waals surface area contributed by atoms with Gasteiger partial charge in [-0.1, -0.05) is 24.6 Å². The monoisotopic (exact) mass is 286 g/mol. The first kappa shape index (κ1) is 15.7. The number of benzene rings is 1. The van der Waals surface area contributed by atoms with Gasteiger partial charge in [0.1, 0.15) is 0 Å². The number of anilines is 1. The Hall–Kier alpha value is -0.380. The summed E-state index contributed by atoms with van der Waals surface area (Å²) < 4.78 is 0. The average molecular weight is 287 g/mol. The molecule has 2 nitrogen and oxygen atoms in total. The van der Waals surface area contributed by atoms with Gasteiger partial charge in [-0.2, -0.15) is 11.8 Å². The fourth-order valence-corrected chi connectivity index (χ4v) is 2.57. The lowest BCUT2D eigenvalue weighted by molar-refractivity contribution is 0.645. The van der Waals surface area contributed by atoms with Crippen molar-refractivity contribution in [2.75, 3.05) is 30.5 Å². The Kier molecular flexibility index (Phi) is 6.90. The molecule has 0 aliphatic rings. The average Bonchev–Trinajstić information content (AvgIpc) is 2.38. The third-order valence-corrected chi connectivity index (χ3v) is 4.07. The second-order valence-corrected chi connectivity index (χ2v) is 5.92. The van der Waals surface area contributed by atoms with E-state index in [1.165, 1.54) is 11.3 Å². The smallest absolute Gasteiger partial charge is 0.0459 e. The van der Waals surface area contributed by atoms with Crippen LogP contribution in [0.2, 0.25) is 5.02 Å². The van der Waals surface area contributed by atoms with Crippen LogP contribution in [-0.2, 0) is 6.42 Å². The van der Waals surface area contributed by atoms with Crippen molar-refractivity contribution < 1.29 is 0 Å². The molecule has 1 aromatic carbocycles. The summed E-state index contributed by atoms with van der Waals surface area (Å²) in [6.45, 7) is 3.13. The number of hydrogen-bond donors (Lipinski definition) is 1. The largest absolute Gasteiger partial charge is 0.374 e. The van der Waals surface area contributed by atoms with Crippen molar-refractivity contribution in [2.45, 2.75) is 25.8 Å².